The highest BCUT2D eigenvalue weighted by molar-refractivity contribution is 6.01. The van der Waals surface area contributed by atoms with Crippen molar-refractivity contribution in [1.82, 2.24) is 4.98 Å². The van der Waals surface area contributed by atoms with Crippen LogP contribution in [0.3, 0.4) is 0 Å². The molecule has 5 heteroatoms. The molecule has 1 heterocycles. The van der Waals surface area contributed by atoms with Gasteiger partial charge in [-0.3, -0.25) is 9.59 Å². The van der Waals surface area contributed by atoms with Crippen LogP contribution < -0.4 is 16.0 Å². The van der Waals surface area contributed by atoms with E-state index in [0.717, 1.165) is 0 Å². The molecule has 0 bridgehead atoms. The van der Waals surface area contributed by atoms with Crippen LogP contribution >= 0.6 is 0 Å². The van der Waals surface area contributed by atoms with Crippen molar-refractivity contribution in [3.8, 4) is 17.0 Å². The number of primary amides is 1. The Hall–Kier alpha value is -2.56. The molecule has 92 valence electrons. The summed E-state index contributed by atoms with van der Waals surface area (Å²) >= 11 is 0. The number of amides is 1. The smallest absolute Gasteiger partial charge is 0.254 e. The zero-order valence-electron chi connectivity index (χ0n) is 9.77. The zero-order valence-corrected chi connectivity index (χ0v) is 9.77. The topological polar surface area (TPSA) is 85.2 Å². The summed E-state index contributed by atoms with van der Waals surface area (Å²) in [6.45, 7) is 0. The monoisotopic (exact) mass is 244 g/mol. The Kier molecular flexibility index (Phi) is 3.14. The molecule has 0 aliphatic heterocycles. The first-order valence-corrected chi connectivity index (χ1v) is 5.30. The Bertz CT molecular complexity index is 632. The Morgan fingerprint density at radius 3 is 2.50 bits per heavy atom. The normalized spacial score (nSPS) is 10.1. The van der Waals surface area contributed by atoms with Gasteiger partial charge in [-0.1, -0.05) is 30.3 Å². The van der Waals surface area contributed by atoms with Crippen LogP contribution in [-0.4, -0.2) is 18.0 Å². The lowest BCUT2D eigenvalue weighted by atomic mass is 10.0. The molecule has 0 saturated heterocycles. The summed E-state index contributed by atoms with van der Waals surface area (Å²) in [5.41, 5.74) is 6.22. The van der Waals surface area contributed by atoms with Gasteiger partial charge in [0.25, 0.3) is 11.5 Å². The summed E-state index contributed by atoms with van der Waals surface area (Å²) < 4.78 is 5.03. The Morgan fingerprint density at radius 1 is 1.28 bits per heavy atom. The van der Waals surface area contributed by atoms with Crippen LogP contribution in [0.15, 0.2) is 41.2 Å². The van der Waals surface area contributed by atoms with Crippen LogP contribution in [0, 0.1) is 0 Å². The number of aromatic amines is 1. The summed E-state index contributed by atoms with van der Waals surface area (Å²) in [6, 6.07) is 10.2. The number of benzene rings is 1. The molecule has 0 fully saturated rings. The van der Waals surface area contributed by atoms with Gasteiger partial charge in [-0.15, -0.1) is 0 Å². The zero-order chi connectivity index (χ0) is 13.1. The summed E-state index contributed by atoms with van der Waals surface area (Å²) in [5, 5.41) is 0. The summed E-state index contributed by atoms with van der Waals surface area (Å²) in [5.74, 6) is -0.480. The first-order chi connectivity index (χ1) is 8.63. The molecular formula is C13H12N2O3. The van der Waals surface area contributed by atoms with E-state index in [9.17, 15) is 9.59 Å². The van der Waals surface area contributed by atoms with Crippen molar-refractivity contribution in [3.63, 3.8) is 0 Å². The maximum absolute atomic E-state index is 11.5. The molecule has 1 amide bonds. The van der Waals surface area contributed by atoms with E-state index in [4.69, 9.17) is 10.5 Å². The van der Waals surface area contributed by atoms with E-state index in [2.05, 4.69) is 4.98 Å². The molecule has 0 unspecified atom stereocenters. The Morgan fingerprint density at radius 2 is 1.94 bits per heavy atom. The maximum Gasteiger partial charge on any atom is 0.254 e. The van der Waals surface area contributed by atoms with Crippen molar-refractivity contribution in [2.75, 3.05) is 7.11 Å². The average Bonchev–Trinajstić information content (AvgIpc) is 2.38. The third-order valence-electron chi connectivity index (χ3n) is 2.54. The highest BCUT2D eigenvalue weighted by Gasteiger charge is 2.17. The number of rotatable bonds is 3. The number of carbonyl (C=O) groups excluding carboxylic acids is 1. The molecule has 5 nitrogen and oxygen atoms in total. The van der Waals surface area contributed by atoms with Crippen molar-refractivity contribution in [1.29, 1.82) is 0 Å². The number of pyridine rings is 1. The fourth-order valence-corrected chi connectivity index (χ4v) is 1.76. The number of methoxy groups -OCH3 is 1. The van der Waals surface area contributed by atoms with Gasteiger partial charge in [0.2, 0.25) is 0 Å². The fourth-order valence-electron chi connectivity index (χ4n) is 1.76. The fraction of sp³-hybridized carbons (Fsp3) is 0.0769. The lowest BCUT2D eigenvalue weighted by molar-refractivity contribution is 0.0997. The lowest BCUT2D eigenvalue weighted by Crippen LogP contribution is -2.18. The van der Waals surface area contributed by atoms with Crippen molar-refractivity contribution >= 4 is 5.91 Å². The molecule has 0 aliphatic carbocycles. The molecule has 3 N–H and O–H groups in total. The van der Waals surface area contributed by atoms with Gasteiger partial charge in [0, 0.05) is 6.07 Å². The van der Waals surface area contributed by atoms with Gasteiger partial charge in [0.15, 0.2) is 0 Å². The quantitative estimate of drug-likeness (QED) is 0.849. The molecule has 0 spiro atoms. The summed E-state index contributed by atoms with van der Waals surface area (Å²) in [4.78, 5) is 25.6. The first-order valence-electron chi connectivity index (χ1n) is 5.30. The minimum absolute atomic E-state index is 0.170. The van der Waals surface area contributed by atoms with Crippen molar-refractivity contribution in [2.45, 2.75) is 0 Å². The van der Waals surface area contributed by atoms with Crippen LogP contribution in [0.4, 0.5) is 0 Å². The van der Waals surface area contributed by atoms with E-state index in [1.54, 1.807) is 24.3 Å². The van der Waals surface area contributed by atoms with Gasteiger partial charge in [-0.05, 0) is 5.56 Å². The second kappa shape index (κ2) is 4.75. The molecule has 1 aromatic heterocycles. The molecule has 0 atom stereocenters. The van der Waals surface area contributed by atoms with Gasteiger partial charge in [0.05, 0.1) is 12.8 Å². The number of aromatic nitrogens is 1. The summed E-state index contributed by atoms with van der Waals surface area (Å²) in [6.07, 6.45) is 0. The van der Waals surface area contributed by atoms with Gasteiger partial charge in [0.1, 0.15) is 11.3 Å². The second-order valence-corrected chi connectivity index (χ2v) is 3.68. The van der Waals surface area contributed by atoms with Gasteiger partial charge in [-0.2, -0.15) is 0 Å². The number of ether oxygens (including phenoxy) is 1. The molecule has 2 aromatic rings. The van der Waals surface area contributed by atoms with Crippen molar-refractivity contribution in [3.05, 3.63) is 52.3 Å². The largest absolute Gasteiger partial charge is 0.496 e. The molecule has 1 aromatic carbocycles. The van der Waals surface area contributed by atoms with E-state index in [1.807, 2.05) is 6.07 Å². The highest BCUT2D eigenvalue weighted by Crippen LogP contribution is 2.26. The van der Waals surface area contributed by atoms with Crippen LogP contribution in [0.5, 0.6) is 5.75 Å². The van der Waals surface area contributed by atoms with Gasteiger partial charge >= 0.3 is 0 Å². The van der Waals surface area contributed by atoms with Crippen LogP contribution in [0.1, 0.15) is 10.4 Å². The van der Waals surface area contributed by atoms with E-state index >= 15 is 0 Å². The first kappa shape index (κ1) is 11.9. The third kappa shape index (κ3) is 2.10. The Labute approximate surface area is 103 Å². The SMILES string of the molecule is COc1cc(=O)[nH]c(-c2ccccc2)c1C(N)=O. The number of carbonyl (C=O) groups is 1. The standard InChI is InChI=1S/C13H12N2O3/c1-18-9-7-10(16)15-12(11(9)13(14)17)8-5-3-2-4-6-8/h2-7H,1H3,(H2,14,17)(H,15,16). The van der Waals surface area contributed by atoms with E-state index in [-0.39, 0.29) is 16.9 Å². The van der Waals surface area contributed by atoms with E-state index in [0.29, 0.717) is 11.3 Å². The third-order valence-corrected chi connectivity index (χ3v) is 2.54. The van der Waals surface area contributed by atoms with Crippen LogP contribution in [0.25, 0.3) is 11.3 Å². The van der Waals surface area contributed by atoms with E-state index < -0.39 is 5.91 Å². The second-order valence-electron chi connectivity index (χ2n) is 3.68. The highest BCUT2D eigenvalue weighted by atomic mass is 16.5. The molecule has 2 rings (SSSR count). The molecule has 18 heavy (non-hydrogen) atoms. The number of hydrogen-bond donors (Lipinski definition) is 2. The minimum Gasteiger partial charge on any atom is -0.496 e. The van der Waals surface area contributed by atoms with Gasteiger partial charge in [-0.25, -0.2) is 0 Å². The number of nitrogens with two attached hydrogens (primary N) is 1. The predicted octanol–water partition coefficient (Wildman–Crippen LogP) is 1.15. The van der Waals surface area contributed by atoms with Gasteiger partial charge < -0.3 is 15.5 Å². The number of nitrogens with one attached hydrogen (secondary N) is 1. The lowest BCUT2D eigenvalue weighted by Gasteiger charge is -2.10. The van der Waals surface area contributed by atoms with Crippen molar-refractivity contribution < 1.29 is 9.53 Å². The maximum atomic E-state index is 11.5. The molecule has 0 saturated carbocycles. The van der Waals surface area contributed by atoms with Crippen LogP contribution in [-0.2, 0) is 0 Å². The van der Waals surface area contributed by atoms with Crippen molar-refractivity contribution in [2.24, 2.45) is 5.73 Å². The average molecular weight is 244 g/mol. The molecule has 0 aliphatic rings. The predicted molar refractivity (Wildman–Crippen MR) is 67.6 cm³/mol. The number of hydrogen-bond acceptors (Lipinski definition) is 3. The Balaban J connectivity index is 2.77. The van der Waals surface area contributed by atoms with Crippen LogP contribution in [0.2, 0.25) is 0 Å². The minimum atomic E-state index is -0.651. The molecular weight excluding hydrogens is 232 g/mol. The van der Waals surface area contributed by atoms with E-state index in [1.165, 1.54) is 13.2 Å². The molecule has 0 radical (unpaired) electrons. The number of H-pyrrole nitrogens is 1. The summed E-state index contributed by atoms with van der Waals surface area (Å²) in [7, 11) is 1.38.